The van der Waals surface area contributed by atoms with Crippen molar-refractivity contribution in [3.8, 4) is 11.3 Å². The zero-order valence-corrected chi connectivity index (χ0v) is 13.9. The maximum atomic E-state index is 13.2. The summed E-state index contributed by atoms with van der Waals surface area (Å²) in [6.45, 7) is 0.318. The summed E-state index contributed by atoms with van der Waals surface area (Å²) >= 11 is 0. The van der Waals surface area contributed by atoms with E-state index in [4.69, 9.17) is 5.73 Å². The van der Waals surface area contributed by atoms with Crippen LogP contribution < -0.4 is 17.0 Å². The molecule has 0 aliphatic heterocycles. The third-order valence-electron chi connectivity index (χ3n) is 3.83. The highest BCUT2D eigenvalue weighted by molar-refractivity contribution is 5.84. The number of aromatic amines is 1. The molecule has 0 fully saturated rings. The lowest BCUT2D eigenvalue weighted by molar-refractivity contribution is 0.585. The summed E-state index contributed by atoms with van der Waals surface area (Å²) in [4.78, 5) is 33.9. The Kier molecular flexibility index (Phi) is 4.74. The highest BCUT2D eigenvalue weighted by Crippen LogP contribution is 2.18. The molecule has 132 valence electrons. The van der Waals surface area contributed by atoms with Crippen LogP contribution in [-0.2, 0) is 13.6 Å². The molecule has 0 spiro atoms. The summed E-state index contributed by atoms with van der Waals surface area (Å²) in [6.07, 6.45) is 1.34. The van der Waals surface area contributed by atoms with E-state index in [0.717, 1.165) is 15.7 Å². The first-order valence-corrected chi connectivity index (χ1v) is 7.76. The molecule has 0 aliphatic rings. The van der Waals surface area contributed by atoms with Gasteiger partial charge in [0.2, 0.25) is 5.95 Å². The maximum Gasteiger partial charge on any atom is 0.329 e. The van der Waals surface area contributed by atoms with E-state index in [1.807, 2.05) is 24.3 Å². The molecular weight excluding hydrogens is 337 g/mol. The summed E-state index contributed by atoms with van der Waals surface area (Å²) in [7, 11) is 1.36. The molecule has 1 aromatic carbocycles. The van der Waals surface area contributed by atoms with Crippen molar-refractivity contribution in [2.24, 2.45) is 12.0 Å². The van der Waals surface area contributed by atoms with Crippen LogP contribution >= 0.6 is 0 Å². The Morgan fingerprint density at radius 1 is 1.23 bits per heavy atom. The van der Waals surface area contributed by atoms with Crippen LogP contribution in [0.5, 0.6) is 0 Å². The minimum atomic E-state index is -0.578. The van der Waals surface area contributed by atoms with Gasteiger partial charge in [-0.1, -0.05) is 30.3 Å². The van der Waals surface area contributed by atoms with E-state index < -0.39 is 17.2 Å². The van der Waals surface area contributed by atoms with Crippen molar-refractivity contribution in [3.63, 3.8) is 0 Å². The average Bonchev–Trinajstić information content (AvgIpc) is 2.63. The lowest BCUT2D eigenvalue weighted by Crippen LogP contribution is -2.36. The fraction of sp³-hybridized carbons (Fsp3) is 0.111. The Labute approximate surface area is 147 Å². The highest BCUT2D eigenvalue weighted by Gasteiger charge is 2.07. The summed E-state index contributed by atoms with van der Waals surface area (Å²) in [5.41, 5.74) is 6.94. The van der Waals surface area contributed by atoms with Crippen LogP contribution in [0.25, 0.3) is 11.3 Å². The van der Waals surface area contributed by atoms with Crippen LogP contribution in [0.1, 0.15) is 11.1 Å². The van der Waals surface area contributed by atoms with Crippen LogP contribution in [-0.4, -0.2) is 20.7 Å². The van der Waals surface area contributed by atoms with Crippen molar-refractivity contribution in [1.82, 2.24) is 14.5 Å². The topological polar surface area (TPSA) is 106 Å². The second kappa shape index (κ2) is 7.14. The molecule has 0 atom stereocenters. The van der Waals surface area contributed by atoms with Gasteiger partial charge in [-0.05, 0) is 17.7 Å². The molecule has 26 heavy (non-hydrogen) atoms. The smallest absolute Gasteiger partial charge is 0.329 e. The van der Waals surface area contributed by atoms with Gasteiger partial charge in [0.1, 0.15) is 5.82 Å². The van der Waals surface area contributed by atoms with E-state index in [9.17, 15) is 14.0 Å². The van der Waals surface area contributed by atoms with E-state index in [-0.39, 0.29) is 11.4 Å². The van der Waals surface area contributed by atoms with Crippen LogP contribution in [0.2, 0.25) is 0 Å². The summed E-state index contributed by atoms with van der Waals surface area (Å²) in [5, 5.41) is 0. The standard InChI is InChI=1S/C18H16FN5O2/c1-24-17(25)13(16(20)23-18(24)26)10-21-9-11-5-7-12(8-6-11)14-3-2-4-15(19)22-14/h2-8,10H,9,20H2,1H3,(H,23,26). The third kappa shape index (κ3) is 3.59. The van der Waals surface area contributed by atoms with E-state index in [1.54, 1.807) is 12.1 Å². The number of aromatic nitrogens is 3. The molecule has 0 unspecified atom stereocenters. The van der Waals surface area contributed by atoms with Gasteiger partial charge >= 0.3 is 5.69 Å². The Hall–Kier alpha value is -3.55. The Balaban J connectivity index is 1.77. The number of H-pyrrole nitrogens is 1. The molecule has 0 saturated heterocycles. The van der Waals surface area contributed by atoms with Gasteiger partial charge in [-0.25, -0.2) is 9.78 Å². The maximum absolute atomic E-state index is 13.2. The van der Waals surface area contributed by atoms with Gasteiger partial charge in [0, 0.05) is 18.8 Å². The van der Waals surface area contributed by atoms with Crippen molar-refractivity contribution in [3.05, 3.63) is 80.4 Å². The Morgan fingerprint density at radius 2 is 1.96 bits per heavy atom. The highest BCUT2D eigenvalue weighted by atomic mass is 19.1. The fourth-order valence-corrected chi connectivity index (χ4v) is 2.37. The lowest BCUT2D eigenvalue weighted by Gasteiger charge is -2.03. The molecule has 2 aromatic heterocycles. The quantitative estimate of drug-likeness (QED) is 0.547. The molecule has 3 N–H and O–H groups in total. The van der Waals surface area contributed by atoms with E-state index >= 15 is 0 Å². The number of pyridine rings is 1. The van der Waals surface area contributed by atoms with E-state index in [0.29, 0.717) is 12.2 Å². The molecule has 2 heterocycles. The molecule has 0 bridgehead atoms. The first-order chi connectivity index (χ1) is 12.5. The number of nitrogens with two attached hydrogens (primary N) is 1. The van der Waals surface area contributed by atoms with Crippen molar-refractivity contribution in [2.45, 2.75) is 6.54 Å². The van der Waals surface area contributed by atoms with Gasteiger partial charge in [-0.3, -0.25) is 19.3 Å². The Bertz CT molecular complexity index is 1080. The minimum absolute atomic E-state index is 0.0191. The van der Waals surface area contributed by atoms with Crippen molar-refractivity contribution in [2.75, 3.05) is 5.73 Å². The predicted octanol–water partition coefficient (Wildman–Crippen LogP) is 1.48. The number of rotatable bonds is 4. The monoisotopic (exact) mass is 353 g/mol. The van der Waals surface area contributed by atoms with Gasteiger partial charge in [0.15, 0.2) is 0 Å². The second-order valence-corrected chi connectivity index (χ2v) is 5.63. The fourth-order valence-electron chi connectivity index (χ4n) is 2.37. The van der Waals surface area contributed by atoms with Gasteiger partial charge in [-0.15, -0.1) is 0 Å². The van der Waals surface area contributed by atoms with Gasteiger partial charge in [0.25, 0.3) is 5.56 Å². The second-order valence-electron chi connectivity index (χ2n) is 5.63. The normalized spacial score (nSPS) is 11.2. The Morgan fingerprint density at radius 3 is 2.65 bits per heavy atom. The number of benzene rings is 1. The SMILES string of the molecule is Cn1c(=O)[nH]c(N)c(C=NCc2ccc(-c3cccc(F)n3)cc2)c1=O. The molecular formula is C18H16FN5O2. The summed E-state index contributed by atoms with van der Waals surface area (Å²) < 4.78 is 14.1. The number of nitrogen functional groups attached to an aromatic ring is 1. The van der Waals surface area contributed by atoms with Crippen LogP contribution in [0, 0.1) is 5.95 Å². The zero-order chi connectivity index (χ0) is 18.7. The first-order valence-electron chi connectivity index (χ1n) is 7.76. The summed E-state index contributed by atoms with van der Waals surface area (Å²) in [6, 6.07) is 11.9. The number of anilines is 1. The molecule has 8 heteroatoms. The summed E-state index contributed by atoms with van der Waals surface area (Å²) in [5.74, 6) is -0.550. The zero-order valence-electron chi connectivity index (χ0n) is 13.9. The first kappa shape index (κ1) is 17.3. The molecule has 3 rings (SSSR count). The van der Waals surface area contributed by atoms with Crippen LogP contribution in [0.4, 0.5) is 10.2 Å². The van der Waals surface area contributed by atoms with E-state index in [1.165, 1.54) is 19.3 Å². The van der Waals surface area contributed by atoms with Crippen molar-refractivity contribution >= 4 is 12.0 Å². The van der Waals surface area contributed by atoms with Crippen molar-refractivity contribution in [1.29, 1.82) is 0 Å². The minimum Gasteiger partial charge on any atom is -0.384 e. The van der Waals surface area contributed by atoms with Gasteiger partial charge < -0.3 is 5.73 Å². The van der Waals surface area contributed by atoms with Gasteiger partial charge in [0.05, 0.1) is 17.8 Å². The van der Waals surface area contributed by atoms with Crippen LogP contribution in [0.15, 0.2) is 57.0 Å². The van der Waals surface area contributed by atoms with E-state index in [2.05, 4.69) is 15.0 Å². The number of nitrogens with one attached hydrogen (secondary N) is 1. The number of hydrogen-bond donors (Lipinski definition) is 2. The molecule has 0 radical (unpaired) electrons. The predicted molar refractivity (Wildman–Crippen MR) is 97.6 cm³/mol. The number of halogens is 1. The average molecular weight is 353 g/mol. The lowest BCUT2D eigenvalue weighted by atomic mass is 10.1. The van der Waals surface area contributed by atoms with Crippen LogP contribution in [0.3, 0.4) is 0 Å². The third-order valence-corrected chi connectivity index (χ3v) is 3.83. The molecule has 7 nitrogen and oxygen atoms in total. The molecule has 0 saturated carbocycles. The molecule has 0 amide bonds. The number of hydrogen-bond acceptors (Lipinski definition) is 5. The number of aliphatic imine (C=N–C) groups is 1. The number of nitrogens with zero attached hydrogens (tertiary/aromatic N) is 3. The molecule has 0 aliphatic carbocycles. The van der Waals surface area contributed by atoms with Gasteiger partial charge in [-0.2, -0.15) is 4.39 Å². The van der Waals surface area contributed by atoms with Crippen molar-refractivity contribution < 1.29 is 4.39 Å². The largest absolute Gasteiger partial charge is 0.384 e. The molecule has 3 aromatic rings.